The molecule has 1 amide bonds. The zero-order valence-electron chi connectivity index (χ0n) is 12.4. The lowest BCUT2D eigenvalue weighted by molar-refractivity contribution is 0.0216. The van der Waals surface area contributed by atoms with Gasteiger partial charge in [-0.05, 0) is 38.8 Å². The molecule has 0 aliphatic carbocycles. The first-order valence-electron chi connectivity index (χ1n) is 7.72. The Morgan fingerprint density at radius 3 is 2.91 bits per heavy atom. The second kappa shape index (κ2) is 5.05. The molecule has 3 aliphatic heterocycles. The highest BCUT2D eigenvalue weighted by Crippen LogP contribution is 2.32. The quantitative estimate of drug-likeness (QED) is 0.924. The van der Waals surface area contributed by atoms with Crippen LogP contribution in [0.1, 0.15) is 30.3 Å². The van der Waals surface area contributed by atoms with Crippen molar-refractivity contribution in [2.45, 2.75) is 31.8 Å². The Bertz CT molecular complexity index is 719. The number of carbonyl (C=O) groups excluding carboxylic acids is 1. The summed E-state index contributed by atoms with van der Waals surface area (Å²) in [6.45, 7) is 4.40. The summed E-state index contributed by atoms with van der Waals surface area (Å²) in [4.78, 5) is 19.0. The smallest absolute Gasteiger partial charge is 0.278 e. The van der Waals surface area contributed by atoms with Crippen molar-refractivity contribution < 1.29 is 13.6 Å². The number of hydrogen-bond acceptors (Lipinski definition) is 4. The Hall–Kier alpha value is -1.95. The lowest BCUT2D eigenvalue weighted by atomic mass is 9.79. The first-order chi connectivity index (χ1) is 10.6. The number of rotatable bonds is 2. The van der Waals surface area contributed by atoms with Crippen molar-refractivity contribution in [1.29, 1.82) is 0 Å². The Balaban J connectivity index is 1.55. The molecule has 0 radical (unpaired) electrons. The standard InChI is InChI=1S/C16H18FN3O2/c1-9-15(10-2-4-20(9)5-3-10)19-16(21)12-7-13-11(8-18-12)6-14(17)22-13/h6-10,15H,2-5H2,1H3,(H,19,21)/t9-,15-/m0/s1. The third-order valence-electron chi connectivity index (χ3n) is 5.08. The minimum atomic E-state index is -0.666. The van der Waals surface area contributed by atoms with E-state index in [9.17, 15) is 9.18 Å². The van der Waals surface area contributed by atoms with Gasteiger partial charge in [0, 0.05) is 35.8 Å². The highest BCUT2D eigenvalue weighted by atomic mass is 19.1. The molecular weight excluding hydrogens is 285 g/mol. The summed E-state index contributed by atoms with van der Waals surface area (Å²) < 4.78 is 18.0. The van der Waals surface area contributed by atoms with Crippen LogP contribution in [-0.4, -0.2) is 41.0 Å². The number of halogens is 1. The zero-order chi connectivity index (χ0) is 15.3. The topological polar surface area (TPSA) is 58.4 Å². The van der Waals surface area contributed by atoms with Crippen molar-refractivity contribution >= 4 is 16.9 Å². The normalized spacial score (nSPS) is 30.6. The number of amides is 1. The zero-order valence-corrected chi connectivity index (χ0v) is 12.4. The highest BCUT2D eigenvalue weighted by molar-refractivity contribution is 5.95. The molecule has 2 aromatic rings. The van der Waals surface area contributed by atoms with Gasteiger partial charge in [-0.25, -0.2) is 0 Å². The third kappa shape index (κ3) is 2.18. The van der Waals surface area contributed by atoms with Crippen LogP contribution in [0.25, 0.3) is 11.0 Å². The summed E-state index contributed by atoms with van der Waals surface area (Å²) in [6, 6.07) is 2.60. The predicted molar refractivity (Wildman–Crippen MR) is 79.0 cm³/mol. The fraction of sp³-hybridized carbons (Fsp3) is 0.500. The van der Waals surface area contributed by atoms with Crippen LogP contribution in [0, 0.1) is 11.9 Å². The van der Waals surface area contributed by atoms with Crippen molar-refractivity contribution in [3.05, 3.63) is 30.0 Å². The van der Waals surface area contributed by atoms with Crippen molar-refractivity contribution in [2.24, 2.45) is 5.92 Å². The van der Waals surface area contributed by atoms with Gasteiger partial charge in [-0.2, -0.15) is 4.39 Å². The molecule has 0 spiro atoms. The number of carbonyl (C=O) groups is 1. The Labute approximate surface area is 127 Å². The van der Waals surface area contributed by atoms with E-state index in [0.29, 0.717) is 22.9 Å². The van der Waals surface area contributed by atoms with Crippen molar-refractivity contribution in [2.75, 3.05) is 13.1 Å². The van der Waals surface area contributed by atoms with E-state index in [2.05, 4.69) is 22.1 Å². The number of hydrogen-bond donors (Lipinski definition) is 1. The second-order valence-electron chi connectivity index (χ2n) is 6.27. The van der Waals surface area contributed by atoms with Crippen LogP contribution in [0.2, 0.25) is 0 Å². The molecule has 3 fully saturated rings. The molecule has 5 rings (SSSR count). The summed E-state index contributed by atoms with van der Waals surface area (Å²) in [7, 11) is 0. The summed E-state index contributed by atoms with van der Waals surface area (Å²) in [5.41, 5.74) is 0.616. The maximum Gasteiger partial charge on any atom is 0.278 e. The molecule has 22 heavy (non-hydrogen) atoms. The number of pyridine rings is 1. The summed E-state index contributed by atoms with van der Waals surface area (Å²) in [5, 5.41) is 3.67. The molecule has 2 aromatic heterocycles. The lowest BCUT2D eigenvalue weighted by Gasteiger charge is -2.49. The Kier molecular flexibility index (Phi) is 3.14. The van der Waals surface area contributed by atoms with E-state index in [1.165, 1.54) is 18.3 Å². The van der Waals surface area contributed by atoms with Crippen molar-refractivity contribution in [1.82, 2.24) is 15.2 Å². The monoisotopic (exact) mass is 303 g/mol. The van der Waals surface area contributed by atoms with Gasteiger partial charge in [-0.15, -0.1) is 0 Å². The van der Waals surface area contributed by atoms with E-state index in [1.807, 2.05) is 0 Å². The summed E-state index contributed by atoms with van der Waals surface area (Å²) >= 11 is 0. The molecule has 0 aromatic carbocycles. The minimum Gasteiger partial charge on any atom is -0.431 e. The molecule has 3 saturated heterocycles. The predicted octanol–water partition coefficient (Wildman–Crippen LogP) is 2.18. The molecule has 116 valence electrons. The van der Waals surface area contributed by atoms with E-state index in [-0.39, 0.29) is 17.6 Å². The molecule has 0 saturated carbocycles. The fourth-order valence-corrected chi connectivity index (χ4v) is 3.80. The van der Waals surface area contributed by atoms with Crippen LogP contribution in [0.15, 0.2) is 22.7 Å². The molecule has 3 aliphatic rings. The number of furan rings is 1. The highest BCUT2D eigenvalue weighted by Gasteiger charge is 2.40. The van der Waals surface area contributed by atoms with Crippen LogP contribution >= 0.6 is 0 Å². The maximum atomic E-state index is 13.1. The Morgan fingerprint density at radius 1 is 1.41 bits per heavy atom. The molecule has 5 heterocycles. The van der Waals surface area contributed by atoms with Gasteiger partial charge in [0.2, 0.25) is 0 Å². The van der Waals surface area contributed by atoms with Gasteiger partial charge in [0.05, 0.1) is 0 Å². The second-order valence-corrected chi connectivity index (χ2v) is 6.27. The van der Waals surface area contributed by atoms with Gasteiger partial charge in [0.1, 0.15) is 11.3 Å². The van der Waals surface area contributed by atoms with E-state index in [0.717, 1.165) is 25.9 Å². The van der Waals surface area contributed by atoms with Gasteiger partial charge < -0.3 is 9.73 Å². The van der Waals surface area contributed by atoms with Crippen LogP contribution in [-0.2, 0) is 0 Å². The number of nitrogens with one attached hydrogen (secondary N) is 1. The van der Waals surface area contributed by atoms with Crippen LogP contribution < -0.4 is 5.32 Å². The van der Waals surface area contributed by atoms with Gasteiger partial charge >= 0.3 is 0 Å². The summed E-state index contributed by atoms with van der Waals surface area (Å²) in [5.74, 6) is 0.318. The molecule has 1 N–H and O–H groups in total. The van der Waals surface area contributed by atoms with Crippen LogP contribution in [0.3, 0.4) is 0 Å². The SMILES string of the molecule is C[C@H]1[C@H](NC(=O)c2cc3oc(F)cc3cn2)C2CCN1CC2. The molecule has 2 bridgehead atoms. The van der Waals surface area contributed by atoms with E-state index < -0.39 is 6.01 Å². The number of fused-ring (bicyclic) bond motifs is 4. The van der Waals surface area contributed by atoms with Gasteiger partial charge in [0.25, 0.3) is 11.9 Å². The molecule has 5 nitrogen and oxygen atoms in total. The largest absolute Gasteiger partial charge is 0.431 e. The van der Waals surface area contributed by atoms with Crippen molar-refractivity contribution in [3.8, 4) is 0 Å². The molecule has 2 atom stereocenters. The van der Waals surface area contributed by atoms with Gasteiger partial charge in [-0.1, -0.05) is 0 Å². The average molecular weight is 303 g/mol. The first kappa shape index (κ1) is 13.7. The molecular formula is C16H18FN3O2. The Morgan fingerprint density at radius 2 is 2.18 bits per heavy atom. The lowest BCUT2D eigenvalue weighted by Crippen LogP contribution is -2.62. The summed E-state index contributed by atoms with van der Waals surface area (Å²) in [6.07, 6.45) is 3.73. The number of nitrogens with zero attached hydrogens (tertiary/aromatic N) is 2. The fourth-order valence-electron chi connectivity index (χ4n) is 3.80. The van der Waals surface area contributed by atoms with Crippen molar-refractivity contribution in [3.63, 3.8) is 0 Å². The minimum absolute atomic E-state index is 0.154. The number of piperidine rings is 3. The third-order valence-corrected chi connectivity index (χ3v) is 5.08. The number of aromatic nitrogens is 1. The van der Waals surface area contributed by atoms with Crippen LogP contribution in [0.4, 0.5) is 4.39 Å². The van der Waals surface area contributed by atoms with E-state index >= 15 is 0 Å². The van der Waals surface area contributed by atoms with E-state index in [1.54, 1.807) is 0 Å². The average Bonchev–Trinajstić information content (AvgIpc) is 2.90. The van der Waals surface area contributed by atoms with Crippen LogP contribution in [0.5, 0.6) is 0 Å². The van der Waals surface area contributed by atoms with Gasteiger partial charge in [0.15, 0.2) is 0 Å². The van der Waals surface area contributed by atoms with E-state index in [4.69, 9.17) is 4.42 Å². The maximum absolute atomic E-state index is 13.1. The van der Waals surface area contributed by atoms with Gasteiger partial charge in [-0.3, -0.25) is 14.7 Å². The first-order valence-corrected chi connectivity index (χ1v) is 7.72. The molecule has 0 unspecified atom stereocenters. The molecule has 6 heteroatoms.